The number of para-hydroxylation sites is 2. The zero-order chi connectivity index (χ0) is 25.8. The molecule has 1 amide bonds. The van der Waals surface area contributed by atoms with Gasteiger partial charge in [-0.05, 0) is 59.9 Å². The van der Waals surface area contributed by atoms with Gasteiger partial charge in [-0.3, -0.25) is 4.79 Å². The molecule has 0 N–H and O–H groups in total. The van der Waals surface area contributed by atoms with Gasteiger partial charge in [0.2, 0.25) is 5.91 Å². The Morgan fingerprint density at radius 1 is 1.00 bits per heavy atom. The van der Waals surface area contributed by atoms with Gasteiger partial charge in [0.15, 0.2) is 0 Å². The lowest BCUT2D eigenvalue weighted by Gasteiger charge is -2.18. The molecule has 2 atom stereocenters. The first-order valence-electron chi connectivity index (χ1n) is 13.1. The number of amides is 1. The third-order valence-corrected chi connectivity index (χ3v) is 7.44. The number of hydrogen-bond acceptors (Lipinski definition) is 4. The Balaban J connectivity index is 1.29. The molecule has 6 heteroatoms. The number of benzene rings is 3. The Labute approximate surface area is 218 Å². The molecule has 1 aliphatic heterocycles. The largest absolute Gasteiger partial charge is 0.497 e. The molecule has 0 saturated carbocycles. The Morgan fingerprint density at radius 3 is 2.46 bits per heavy atom. The molecule has 5 rings (SSSR count). The molecule has 1 aromatic heterocycles. The molecule has 1 fully saturated rings. The van der Waals surface area contributed by atoms with Gasteiger partial charge in [-0.2, -0.15) is 0 Å². The Morgan fingerprint density at radius 2 is 1.73 bits per heavy atom. The molecule has 192 valence electrons. The second-order valence-electron chi connectivity index (χ2n) is 9.86. The maximum Gasteiger partial charge on any atom is 0.223 e. The number of carbonyl (C=O) groups excluding carboxylic acids is 1. The minimum Gasteiger partial charge on any atom is -0.497 e. The van der Waals surface area contributed by atoms with Crippen molar-refractivity contribution in [2.24, 2.45) is 0 Å². The van der Waals surface area contributed by atoms with Gasteiger partial charge in [-0.15, -0.1) is 0 Å². The van der Waals surface area contributed by atoms with Crippen LogP contribution >= 0.6 is 0 Å². The van der Waals surface area contributed by atoms with E-state index in [0.717, 1.165) is 40.3 Å². The molecule has 37 heavy (non-hydrogen) atoms. The highest BCUT2D eigenvalue weighted by atomic mass is 16.5. The van der Waals surface area contributed by atoms with E-state index in [-0.39, 0.29) is 11.8 Å². The number of methoxy groups -OCH3 is 1. The highest BCUT2D eigenvalue weighted by Gasteiger charge is 2.34. The number of likely N-dealkylation sites (tertiary alicyclic amines) is 1. The number of fused-ring (bicyclic) bond motifs is 1. The van der Waals surface area contributed by atoms with Gasteiger partial charge in [-0.1, -0.05) is 50.2 Å². The first-order chi connectivity index (χ1) is 18.1. The van der Waals surface area contributed by atoms with Gasteiger partial charge in [0.05, 0.1) is 24.7 Å². The van der Waals surface area contributed by atoms with Crippen LogP contribution in [0.15, 0.2) is 72.8 Å². The molecule has 2 heterocycles. The van der Waals surface area contributed by atoms with Crippen LogP contribution in [0.5, 0.6) is 11.5 Å². The summed E-state index contributed by atoms with van der Waals surface area (Å²) in [5.41, 5.74) is 4.46. The van der Waals surface area contributed by atoms with Gasteiger partial charge in [-0.25, -0.2) is 4.98 Å². The number of hydrogen-bond donors (Lipinski definition) is 0. The summed E-state index contributed by atoms with van der Waals surface area (Å²) in [6, 6.07) is 24.5. The Hall–Kier alpha value is -3.80. The van der Waals surface area contributed by atoms with Crippen molar-refractivity contribution >= 4 is 16.9 Å². The topological polar surface area (TPSA) is 56.6 Å². The molecule has 1 saturated heterocycles. The maximum absolute atomic E-state index is 12.9. The summed E-state index contributed by atoms with van der Waals surface area (Å²) in [6.45, 7) is 6.91. The van der Waals surface area contributed by atoms with Crippen molar-refractivity contribution in [3.05, 3.63) is 89.7 Å². The predicted molar refractivity (Wildman–Crippen MR) is 146 cm³/mol. The summed E-state index contributed by atoms with van der Waals surface area (Å²) in [7, 11) is 1.66. The zero-order valence-corrected chi connectivity index (χ0v) is 21.9. The van der Waals surface area contributed by atoms with Crippen LogP contribution in [0.3, 0.4) is 0 Å². The summed E-state index contributed by atoms with van der Waals surface area (Å²) in [5.74, 6) is 3.41. The standard InChI is InChI=1S/C31H35N3O3/c1-4-22(2)24-11-15-27(16-12-24)37-18-17-34-29-8-6-5-7-28(29)32-31(34)25-19-30(35)33(21-25)20-23-9-13-26(36-3)14-10-23/h5-16,22,25H,4,17-21H2,1-3H3. The van der Waals surface area contributed by atoms with Crippen LogP contribution in [-0.2, 0) is 17.9 Å². The Bertz CT molecular complexity index is 1340. The van der Waals surface area contributed by atoms with E-state index in [1.807, 2.05) is 47.4 Å². The number of nitrogens with zero attached hydrogens (tertiary/aromatic N) is 3. The van der Waals surface area contributed by atoms with E-state index in [4.69, 9.17) is 14.5 Å². The fraction of sp³-hybridized carbons (Fsp3) is 0.355. The van der Waals surface area contributed by atoms with E-state index < -0.39 is 0 Å². The van der Waals surface area contributed by atoms with Gasteiger partial charge < -0.3 is 18.9 Å². The second-order valence-corrected chi connectivity index (χ2v) is 9.86. The Kier molecular flexibility index (Phi) is 7.45. The van der Waals surface area contributed by atoms with Crippen molar-refractivity contribution in [1.29, 1.82) is 0 Å². The van der Waals surface area contributed by atoms with E-state index in [2.05, 4.69) is 48.7 Å². The fourth-order valence-electron chi connectivity index (χ4n) is 5.07. The number of aromatic nitrogens is 2. The van der Waals surface area contributed by atoms with E-state index in [1.54, 1.807) is 7.11 Å². The van der Waals surface area contributed by atoms with Crippen LogP contribution in [0.25, 0.3) is 11.0 Å². The number of ether oxygens (including phenoxy) is 2. The van der Waals surface area contributed by atoms with Gasteiger partial charge in [0.25, 0.3) is 0 Å². The maximum atomic E-state index is 12.9. The normalized spacial score (nSPS) is 16.4. The fourth-order valence-corrected chi connectivity index (χ4v) is 5.07. The summed E-state index contributed by atoms with van der Waals surface area (Å²) in [6.07, 6.45) is 1.59. The van der Waals surface area contributed by atoms with Crippen LogP contribution in [0.4, 0.5) is 0 Å². The monoisotopic (exact) mass is 497 g/mol. The van der Waals surface area contributed by atoms with Crippen molar-refractivity contribution in [3.8, 4) is 11.5 Å². The summed E-state index contributed by atoms with van der Waals surface area (Å²) in [4.78, 5) is 19.9. The van der Waals surface area contributed by atoms with E-state index in [0.29, 0.717) is 38.6 Å². The van der Waals surface area contributed by atoms with Gasteiger partial charge in [0.1, 0.15) is 23.9 Å². The number of imidazole rings is 1. The lowest BCUT2D eigenvalue weighted by atomic mass is 9.99. The number of rotatable bonds is 10. The predicted octanol–water partition coefficient (Wildman–Crippen LogP) is 6.15. The smallest absolute Gasteiger partial charge is 0.223 e. The first kappa shape index (κ1) is 24.9. The molecule has 1 aliphatic rings. The summed E-state index contributed by atoms with van der Waals surface area (Å²) in [5, 5.41) is 0. The minimum absolute atomic E-state index is 0.0490. The molecule has 6 nitrogen and oxygen atoms in total. The van der Waals surface area contributed by atoms with Crippen molar-refractivity contribution in [3.63, 3.8) is 0 Å². The molecule has 2 unspecified atom stereocenters. The van der Waals surface area contributed by atoms with Crippen LogP contribution in [0, 0.1) is 0 Å². The average Bonchev–Trinajstić information content (AvgIpc) is 3.49. The van der Waals surface area contributed by atoms with E-state index in [1.165, 1.54) is 5.56 Å². The first-order valence-corrected chi connectivity index (χ1v) is 13.1. The molecule has 0 bridgehead atoms. The highest BCUT2D eigenvalue weighted by Crippen LogP contribution is 2.31. The van der Waals surface area contributed by atoms with Crippen LogP contribution in [0.2, 0.25) is 0 Å². The van der Waals surface area contributed by atoms with Crippen molar-refractivity contribution in [2.75, 3.05) is 20.3 Å². The molecule has 0 radical (unpaired) electrons. The number of carbonyl (C=O) groups is 1. The van der Waals surface area contributed by atoms with E-state index >= 15 is 0 Å². The third-order valence-electron chi connectivity index (χ3n) is 7.44. The lowest BCUT2D eigenvalue weighted by Crippen LogP contribution is -2.24. The molecule has 0 spiro atoms. The lowest BCUT2D eigenvalue weighted by molar-refractivity contribution is -0.128. The van der Waals surface area contributed by atoms with Crippen molar-refractivity contribution in [1.82, 2.24) is 14.5 Å². The minimum atomic E-state index is 0.0490. The SMILES string of the molecule is CCC(C)c1ccc(OCCn2c(C3CC(=O)N(Cc4ccc(OC)cc4)C3)nc3ccccc32)cc1. The van der Waals surface area contributed by atoms with Crippen molar-refractivity contribution < 1.29 is 14.3 Å². The molecule has 3 aromatic carbocycles. The summed E-state index contributed by atoms with van der Waals surface area (Å²) < 4.78 is 13.6. The van der Waals surface area contributed by atoms with Gasteiger partial charge >= 0.3 is 0 Å². The third kappa shape index (κ3) is 5.48. The molecule has 0 aliphatic carbocycles. The molecule has 4 aromatic rings. The van der Waals surface area contributed by atoms with Crippen molar-refractivity contribution in [2.45, 2.75) is 51.6 Å². The quantitative estimate of drug-likeness (QED) is 0.264. The van der Waals surface area contributed by atoms with Gasteiger partial charge in [0, 0.05) is 25.4 Å². The second kappa shape index (κ2) is 11.1. The summed E-state index contributed by atoms with van der Waals surface area (Å²) >= 11 is 0. The zero-order valence-electron chi connectivity index (χ0n) is 21.9. The molecular weight excluding hydrogens is 462 g/mol. The highest BCUT2D eigenvalue weighted by molar-refractivity contribution is 5.81. The van der Waals surface area contributed by atoms with Crippen LogP contribution < -0.4 is 9.47 Å². The van der Waals surface area contributed by atoms with E-state index in [9.17, 15) is 4.79 Å². The average molecular weight is 498 g/mol. The molecular formula is C31H35N3O3. The van der Waals surface area contributed by atoms with Crippen LogP contribution in [-0.4, -0.2) is 40.6 Å². The van der Waals surface area contributed by atoms with Crippen LogP contribution in [0.1, 0.15) is 55.5 Å².